The van der Waals surface area contributed by atoms with Crippen LogP contribution in [-0.2, 0) is 15.6 Å². The molecule has 0 fully saturated rings. The molecular formula is C26H23N3O5S2. The van der Waals surface area contributed by atoms with Crippen molar-refractivity contribution in [2.45, 2.75) is 17.9 Å². The van der Waals surface area contributed by atoms with Crippen LogP contribution < -0.4 is 19.5 Å². The molecule has 0 aliphatic carbocycles. The lowest BCUT2D eigenvalue weighted by molar-refractivity contribution is -0.123. The van der Waals surface area contributed by atoms with Crippen molar-refractivity contribution in [1.29, 1.82) is 5.26 Å². The highest BCUT2D eigenvalue weighted by Crippen LogP contribution is 2.40. The van der Waals surface area contributed by atoms with Crippen molar-refractivity contribution in [1.82, 2.24) is 4.98 Å². The molecule has 0 aliphatic rings. The van der Waals surface area contributed by atoms with E-state index >= 15 is 0 Å². The molecule has 0 bridgehead atoms. The van der Waals surface area contributed by atoms with E-state index in [0.29, 0.717) is 49.7 Å². The van der Waals surface area contributed by atoms with E-state index in [9.17, 15) is 9.00 Å². The maximum Gasteiger partial charge on any atom is 0.271 e. The van der Waals surface area contributed by atoms with Gasteiger partial charge in [-0.1, -0.05) is 30.4 Å². The summed E-state index contributed by atoms with van der Waals surface area (Å²) in [6.07, 6.45) is -1.02. The predicted octanol–water partition coefficient (Wildman–Crippen LogP) is 5.07. The quantitative estimate of drug-likeness (QED) is 0.327. The van der Waals surface area contributed by atoms with E-state index in [2.05, 4.69) is 16.4 Å². The van der Waals surface area contributed by atoms with Crippen molar-refractivity contribution < 1.29 is 23.2 Å². The number of ether oxygens (including phenoxy) is 3. The molecule has 3 aromatic carbocycles. The van der Waals surface area contributed by atoms with Crippen LogP contribution in [0.3, 0.4) is 0 Å². The lowest BCUT2D eigenvalue weighted by atomic mass is 10.1. The summed E-state index contributed by atoms with van der Waals surface area (Å²) in [7, 11) is 1.99. The normalized spacial score (nSPS) is 12.4. The molecule has 10 heteroatoms. The predicted molar refractivity (Wildman–Crippen MR) is 139 cm³/mol. The van der Waals surface area contributed by atoms with Crippen LogP contribution in [0.25, 0.3) is 10.2 Å². The summed E-state index contributed by atoms with van der Waals surface area (Å²) in [5.74, 6) is 1.59. The second-order valence-electron chi connectivity index (χ2n) is 7.49. The molecule has 2 atom stereocenters. The number of nitriles is 1. The molecule has 1 aromatic heterocycles. The largest absolute Gasteiger partial charge is 0.493 e. The first-order chi connectivity index (χ1) is 17.5. The zero-order valence-electron chi connectivity index (χ0n) is 19.8. The molecule has 184 valence electrons. The molecule has 1 heterocycles. The van der Waals surface area contributed by atoms with Crippen molar-refractivity contribution in [3.8, 4) is 23.3 Å². The third kappa shape index (κ3) is 5.32. The van der Waals surface area contributed by atoms with Gasteiger partial charge in [0.05, 0.1) is 42.2 Å². The van der Waals surface area contributed by atoms with Crippen molar-refractivity contribution in [2.75, 3.05) is 25.3 Å². The first kappa shape index (κ1) is 25.2. The Morgan fingerprint density at radius 1 is 1.08 bits per heavy atom. The smallest absolute Gasteiger partial charge is 0.271 e. The highest BCUT2D eigenvalue weighted by molar-refractivity contribution is 7.85. The van der Waals surface area contributed by atoms with Crippen LogP contribution in [-0.4, -0.2) is 35.1 Å². The molecule has 0 aliphatic heterocycles. The van der Waals surface area contributed by atoms with Crippen LogP contribution in [0.15, 0.2) is 65.6 Å². The Hall–Kier alpha value is -3.94. The summed E-state index contributed by atoms with van der Waals surface area (Å²) >= 11 is 1.26. The first-order valence-electron chi connectivity index (χ1n) is 10.9. The molecule has 0 saturated heterocycles. The van der Waals surface area contributed by atoms with Crippen LogP contribution in [0.5, 0.6) is 17.2 Å². The number of amides is 1. The molecule has 0 saturated carbocycles. The van der Waals surface area contributed by atoms with Gasteiger partial charge in [-0.2, -0.15) is 5.26 Å². The molecule has 1 amide bonds. The molecule has 4 aromatic rings. The number of fused-ring (bicyclic) bond motifs is 1. The summed E-state index contributed by atoms with van der Waals surface area (Å²) < 4.78 is 29.8. The minimum absolute atomic E-state index is 0.374. The van der Waals surface area contributed by atoms with Gasteiger partial charge in [0.15, 0.2) is 16.6 Å². The maximum absolute atomic E-state index is 13.4. The maximum atomic E-state index is 13.4. The summed E-state index contributed by atoms with van der Waals surface area (Å²) in [6, 6.07) is 19.0. The van der Waals surface area contributed by atoms with Crippen molar-refractivity contribution in [3.63, 3.8) is 0 Å². The summed E-state index contributed by atoms with van der Waals surface area (Å²) in [4.78, 5) is 18.6. The van der Waals surface area contributed by atoms with E-state index in [1.165, 1.54) is 11.3 Å². The van der Waals surface area contributed by atoms with Crippen molar-refractivity contribution in [3.05, 3.63) is 71.8 Å². The number of methoxy groups -OCH3 is 2. The number of nitrogens with one attached hydrogen (secondary N) is 1. The van der Waals surface area contributed by atoms with Crippen molar-refractivity contribution >= 4 is 43.4 Å². The third-order valence-electron chi connectivity index (χ3n) is 5.31. The molecule has 0 spiro atoms. The van der Waals surface area contributed by atoms with E-state index < -0.39 is 22.8 Å². The van der Waals surface area contributed by atoms with Gasteiger partial charge in [-0.3, -0.25) is 14.3 Å². The summed E-state index contributed by atoms with van der Waals surface area (Å²) in [5.41, 5.74) is 1.71. The third-order valence-corrected chi connectivity index (χ3v) is 7.62. The van der Waals surface area contributed by atoms with Gasteiger partial charge in [0, 0.05) is 16.2 Å². The number of rotatable bonds is 9. The highest BCUT2D eigenvalue weighted by atomic mass is 32.2. The van der Waals surface area contributed by atoms with Gasteiger partial charge in [0.1, 0.15) is 10.4 Å². The number of hydrogen-bond acceptors (Lipinski definition) is 8. The molecule has 4 rings (SSSR count). The first-order valence-corrected chi connectivity index (χ1v) is 13.1. The zero-order valence-corrected chi connectivity index (χ0v) is 21.4. The highest BCUT2D eigenvalue weighted by Gasteiger charge is 2.25. The lowest BCUT2D eigenvalue weighted by Crippen LogP contribution is -2.25. The Kier molecular flexibility index (Phi) is 7.83. The fourth-order valence-electron chi connectivity index (χ4n) is 3.51. The van der Waals surface area contributed by atoms with Crippen molar-refractivity contribution in [2.24, 2.45) is 0 Å². The van der Waals surface area contributed by atoms with Crippen LogP contribution >= 0.6 is 11.3 Å². The number of benzene rings is 3. The molecular weight excluding hydrogens is 498 g/mol. The van der Waals surface area contributed by atoms with E-state index in [-0.39, 0.29) is 0 Å². The van der Waals surface area contributed by atoms with Gasteiger partial charge in [0.25, 0.3) is 5.91 Å². The Labute approximate surface area is 214 Å². The molecule has 1 N–H and O–H groups in total. The number of carbonyl (C=O) groups excluding carboxylic acids is 1. The lowest BCUT2D eigenvalue weighted by Gasteiger charge is -2.19. The minimum atomic E-state index is -1.11. The van der Waals surface area contributed by atoms with E-state index in [0.717, 1.165) is 4.70 Å². The Balaban J connectivity index is 1.65. The Morgan fingerprint density at radius 2 is 1.81 bits per heavy atom. The van der Waals surface area contributed by atoms with Crippen LogP contribution in [0.4, 0.5) is 5.13 Å². The van der Waals surface area contributed by atoms with E-state index in [1.807, 2.05) is 6.92 Å². The Morgan fingerprint density at radius 3 is 2.42 bits per heavy atom. The van der Waals surface area contributed by atoms with E-state index in [1.54, 1.807) is 74.9 Å². The molecule has 36 heavy (non-hydrogen) atoms. The SMILES string of the molecule is CCS(=O)c1ccc(C(Oc2ccc(C#N)cc2)C(=O)Nc2nc3ccc(OC)c(OC)c3s2)cc1. The van der Waals surface area contributed by atoms with Gasteiger partial charge < -0.3 is 14.2 Å². The number of thiazole rings is 1. The van der Waals surface area contributed by atoms with Gasteiger partial charge in [-0.25, -0.2) is 4.98 Å². The average molecular weight is 522 g/mol. The van der Waals surface area contributed by atoms with Gasteiger partial charge in [0.2, 0.25) is 6.10 Å². The molecule has 2 unspecified atom stereocenters. The Bertz CT molecular complexity index is 1440. The van der Waals surface area contributed by atoms with Gasteiger partial charge in [-0.05, 0) is 48.5 Å². The second-order valence-corrected chi connectivity index (χ2v) is 10.2. The molecule has 8 nitrogen and oxygen atoms in total. The average Bonchev–Trinajstić information content (AvgIpc) is 3.33. The fourth-order valence-corrected chi connectivity index (χ4v) is 5.26. The number of carbonyl (C=O) groups is 1. The van der Waals surface area contributed by atoms with E-state index in [4.69, 9.17) is 19.5 Å². The van der Waals surface area contributed by atoms with Crippen LogP contribution in [0.1, 0.15) is 24.2 Å². The summed E-state index contributed by atoms with van der Waals surface area (Å²) in [5, 5.41) is 12.3. The number of aromatic nitrogens is 1. The van der Waals surface area contributed by atoms with Crippen LogP contribution in [0.2, 0.25) is 0 Å². The number of nitrogens with zero attached hydrogens (tertiary/aromatic N) is 2. The van der Waals surface area contributed by atoms with Gasteiger partial charge >= 0.3 is 0 Å². The number of anilines is 1. The van der Waals surface area contributed by atoms with Gasteiger partial charge in [-0.15, -0.1) is 0 Å². The monoisotopic (exact) mass is 521 g/mol. The zero-order chi connectivity index (χ0) is 25.7. The van der Waals surface area contributed by atoms with Crippen LogP contribution in [0, 0.1) is 11.3 Å². The second kappa shape index (κ2) is 11.2. The molecule has 0 radical (unpaired) electrons. The topological polar surface area (TPSA) is 111 Å². The fraction of sp³-hybridized carbons (Fsp3) is 0.192. The number of hydrogen-bond donors (Lipinski definition) is 1. The summed E-state index contributed by atoms with van der Waals surface area (Å²) in [6.45, 7) is 1.84. The minimum Gasteiger partial charge on any atom is -0.493 e. The standard InChI is InChI=1S/C26H23N3O5S2/c1-4-36(31)19-11-7-17(8-12-19)22(34-18-9-5-16(15-27)6-10-18)25(30)29-26-28-20-13-14-21(32-2)23(33-3)24(20)35-26/h5-14,22H,4H2,1-3H3,(H,28,29,30).